The van der Waals surface area contributed by atoms with Gasteiger partial charge in [-0.2, -0.15) is 0 Å². The fraction of sp³-hybridized carbons (Fsp3) is 0.500. The van der Waals surface area contributed by atoms with Crippen LogP contribution in [0.1, 0.15) is 13.3 Å². The van der Waals surface area contributed by atoms with Crippen molar-refractivity contribution in [3.8, 4) is 0 Å². The monoisotopic (exact) mass is 350 g/mol. The third-order valence-electron chi connectivity index (χ3n) is 3.04. The number of rotatable bonds is 2. The lowest BCUT2D eigenvalue weighted by Crippen LogP contribution is -2.51. The Balaban J connectivity index is 2.27. The van der Waals surface area contributed by atoms with Gasteiger partial charge in [0.1, 0.15) is 0 Å². The molecular formula is C12H16ClIN2. The van der Waals surface area contributed by atoms with Crippen LogP contribution >= 0.6 is 34.2 Å². The van der Waals surface area contributed by atoms with Crippen LogP contribution in [0.2, 0.25) is 5.02 Å². The van der Waals surface area contributed by atoms with E-state index in [1.54, 1.807) is 0 Å². The van der Waals surface area contributed by atoms with E-state index < -0.39 is 0 Å². The zero-order valence-electron chi connectivity index (χ0n) is 9.34. The highest BCUT2D eigenvalue weighted by Crippen LogP contribution is 2.30. The summed E-state index contributed by atoms with van der Waals surface area (Å²) in [5, 5.41) is 4.30. The predicted molar refractivity (Wildman–Crippen MR) is 78.5 cm³/mol. The zero-order chi connectivity index (χ0) is 11.5. The number of benzene rings is 1. The van der Waals surface area contributed by atoms with E-state index in [-0.39, 0.29) is 0 Å². The molecule has 1 fully saturated rings. The maximum atomic E-state index is 6.32. The minimum absolute atomic E-state index is 0.561. The van der Waals surface area contributed by atoms with E-state index >= 15 is 0 Å². The molecule has 88 valence electrons. The summed E-state index contributed by atoms with van der Waals surface area (Å²) in [5.41, 5.74) is 1.18. The summed E-state index contributed by atoms with van der Waals surface area (Å²) in [6, 6.07) is 6.85. The van der Waals surface area contributed by atoms with Crippen molar-refractivity contribution in [1.82, 2.24) is 5.32 Å². The lowest BCUT2D eigenvalue weighted by Gasteiger charge is -2.38. The van der Waals surface area contributed by atoms with Gasteiger partial charge in [-0.25, -0.2) is 0 Å². The molecule has 1 unspecified atom stereocenters. The molecule has 4 heteroatoms. The van der Waals surface area contributed by atoms with Gasteiger partial charge in [0, 0.05) is 29.2 Å². The second-order valence-corrected chi connectivity index (χ2v) is 5.71. The number of piperazine rings is 1. The van der Waals surface area contributed by atoms with Crippen LogP contribution in [-0.2, 0) is 0 Å². The summed E-state index contributed by atoms with van der Waals surface area (Å²) in [5.74, 6) is 0. The summed E-state index contributed by atoms with van der Waals surface area (Å²) < 4.78 is 1.19. The van der Waals surface area contributed by atoms with Gasteiger partial charge in [-0.1, -0.05) is 18.5 Å². The summed E-state index contributed by atoms with van der Waals surface area (Å²) in [7, 11) is 0. The van der Waals surface area contributed by atoms with Gasteiger partial charge in [-0.05, 0) is 47.2 Å². The molecule has 1 aliphatic rings. The zero-order valence-corrected chi connectivity index (χ0v) is 12.3. The summed E-state index contributed by atoms with van der Waals surface area (Å²) in [4.78, 5) is 2.43. The van der Waals surface area contributed by atoms with E-state index in [0.29, 0.717) is 6.04 Å². The van der Waals surface area contributed by atoms with Crippen LogP contribution in [-0.4, -0.2) is 25.7 Å². The van der Waals surface area contributed by atoms with Crippen molar-refractivity contribution in [3.63, 3.8) is 0 Å². The Morgan fingerprint density at radius 2 is 2.38 bits per heavy atom. The predicted octanol–water partition coefficient (Wildman–Crippen LogP) is 3.13. The Hall–Kier alpha value is -0.0000000000000000555. The molecule has 2 rings (SSSR count). The molecule has 0 spiro atoms. The smallest absolute Gasteiger partial charge is 0.0650 e. The number of halogens is 2. The second kappa shape index (κ2) is 5.56. The van der Waals surface area contributed by atoms with Gasteiger partial charge in [0.15, 0.2) is 0 Å². The van der Waals surface area contributed by atoms with Gasteiger partial charge in [0.2, 0.25) is 0 Å². The Morgan fingerprint density at radius 1 is 1.56 bits per heavy atom. The van der Waals surface area contributed by atoms with Crippen LogP contribution in [0, 0.1) is 3.57 Å². The maximum absolute atomic E-state index is 6.32. The molecule has 0 aromatic heterocycles. The SMILES string of the molecule is CCC1CNCCN1c1ccc(I)cc1Cl. The minimum Gasteiger partial charge on any atom is -0.365 e. The minimum atomic E-state index is 0.561. The van der Waals surface area contributed by atoms with Crippen LogP contribution in [0.15, 0.2) is 18.2 Å². The largest absolute Gasteiger partial charge is 0.365 e. The first-order chi connectivity index (χ1) is 7.72. The lowest BCUT2D eigenvalue weighted by molar-refractivity contribution is 0.466. The van der Waals surface area contributed by atoms with Crippen LogP contribution < -0.4 is 10.2 Å². The topological polar surface area (TPSA) is 15.3 Å². The Kier molecular flexibility index (Phi) is 4.33. The highest BCUT2D eigenvalue weighted by molar-refractivity contribution is 14.1. The third kappa shape index (κ3) is 2.63. The van der Waals surface area contributed by atoms with Gasteiger partial charge in [0.25, 0.3) is 0 Å². The van der Waals surface area contributed by atoms with E-state index in [2.05, 4.69) is 51.9 Å². The highest BCUT2D eigenvalue weighted by Gasteiger charge is 2.22. The van der Waals surface area contributed by atoms with Crippen LogP contribution in [0.4, 0.5) is 5.69 Å². The van der Waals surface area contributed by atoms with Gasteiger partial charge in [-0.15, -0.1) is 0 Å². The normalized spacial score (nSPS) is 21.2. The first-order valence-corrected chi connectivity index (χ1v) is 7.10. The van der Waals surface area contributed by atoms with E-state index in [4.69, 9.17) is 11.6 Å². The molecular weight excluding hydrogens is 335 g/mol. The number of hydrogen-bond donors (Lipinski definition) is 1. The van der Waals surface area contributed by atoms with Crippen LogP contribution in [0.25, 0.3) is 0 Å². The molecule has 0 bridgehead atoms. The highest BCUT2D eigenvalue weighted by atomic mass is 127. The Labute approximate surface area is 115 Å². The average molecular weight is 351 g/mol. The van der Waals surface area contributed by atoms with Gasteiger partial charge in [-0.3, -0.25) is 0 Å². The average Bonchev–Trinajstić information content (AvgIpc) is 2.29. The number of nitrogens with zero attached hydrogens (tertiary/aromatic N) is 1. The summed E-state index contributed by atoms with van der Waals surface area (Å²) in [6.07, 6.45) is 1.15. The van der Waals surface area contributed by atoms with E-state index in [1.807, 2.05) is 6.07 Å². The molecule has 0 saturated carbocycles. The lowest BCUT2D eigenvalue weighted by atomic mass is 10.1. The Morgan fingerprint density at radius 3 is 3.06 bits per heavy atom. The van der Waals surface area contributed by atoms with E-state index in [0.717, 1.165) is 31.1 Å². The number of nitrogens with one attached hydrogen (secondary N) is 1. The van der Waals surface area contributed by atoms with Crippen molar-refractivity contribution in [2.24, 2.45) is 0 Å². The van der Waals surface area contributed by atoms with Crippen molar-refractivity contribution < 1.29 is 0 Å². The quantitative estimate of drug-likeness (QED) is 0.825. The fourth-order valence-corrected chi connectivity index (χ4v) is 3.12. The molecule has 0 radical (unpaired) electrons. The Bertz CT molecular complexity index is 370. The second-order valence-electron chi connectivity index (χ2n) is 4.06. The molecule has 0 aliphatic carbocycles. The van der Waals surface area contributed by atoms with Gasteiger partial charge in [0.05, 0.1) is 10.7 Å². The standard InChI is InChI=1S/C12H16ClIN2/c1-2-10-8-15-5-6-16(10)12-4-3-9(14)7-11(12)13/h3-4,7,10,15H,2,5-6,8H2,1H3. The molecule has 0 amide bonds. The molecule has 16 heavy (non-hydrogen) atoms. The number of hydrogen-bond acceptors (Lipinski definition) is 2. The van der Waals surface area contributed by atoms with Crippen LogP contribution in [0.5, 0.6) is 0 Å². The van der Waals surface area contributed by atoms with Gasteiger partial charge >= 0.3 is 0 Å². The summed E-state index contributed by atoms with van der Waals surface area (Å²) >= 11 is 8.61. The molecule has 1 heterocycles. The molecule has 1 N–H and O–H groups in total. The molecule has 2 nitrogen and oxygen atoms in total. The first-order valence-electron chi connectivity index (χ1n) is 5.64. The molecule has 1 aromatic carbocycles. The maximum Gasteiger partial charge on any atom is 0.0650 e. The molecule has 1 saturated heterocycles. The van der Waals surface area contributed by atoms with Crippen molar-refractivity contribution in [3.05, 3.63) is 26.8 Å². The van der Waals surface area contributed by atoms with E-state index in [1.165, 1.54) is 9.26 Å². The third-order valence-corrected chi connectivity index (χ3v) is 4.01. The van der Waals surface area contributed by atoms with Crippen molar-refractivity contribution in [2.45, 2.75) is 19.4 Å². The van der Waals surface area contributed by atoms with E-state index in [9.17, 15) is 0 Å². The van der Waals surface area contributed by atoms with Gasteiger partial charge < -0.3 is 10.2 Å². The van der Waals surface area contributed by atoms with Crippen molar-refractivity contribution >= 4 is 39.9 Å². The first kappa shape index (κ1) is 12.5. The molecule has 1 atom stereocenters. The summed E-state index contributed by atoms with van der Waals surface area (Å²) in [6.45, 7) is 5.36. The van der Waals surface area contributed by atoms with Crippen LogP contribution in [0.3, 0.4) is 0 Å². The molecule has 1 aromatic rings. The van der Waals surface area contributed by atoms with Crippen molar-refractivity contribution in [2.75, 3.05) is 24.5 Å². The van der Waals surface area contributed by atoms with Crippen molar-refractivity contribution in [1.29, 1.82) is 0 Å². The number of anilines is 1. The molecule has 1 aliphatic heterocycles. The fourth-order valence-electron chi connectivity index (χ4n) is 2.16.